The van der Waals surface area contributed by atoms with E-state index in [9.17, 15) is 0 Å². The number of hydrogen-bond acceptors (Lipinski definition) is 5. The second kappa shape index (κ2) is 4.39. The first-order chi connectivity index (χ1) is 6.70. The Morgan fingerprint density at radius 2 is 2.50 bits per heavy atom. The Bertz CT molecular complexity index is 376. The number of aliphatic hydroxyl groups excluding tert-OH is 1. The highest BCUT2D eigenvalue weighted by Gasteiger charge is 2.11. The van der Waals surface area contributed by atoms with Crippen LogP contribution in [-0.2, 0) is 6.54 Å². The van der Waals surface area contributed by atoms with Crippen LogP contribution in [0, 0.1) is 16.7 Å². The van der Waals surface area contributed by atoms with Crippen molar-refractivity contribution in [3.05, 3.63) is 12.0 Å². The lowest BCUT2D eigenvalue weighted by molar-refractivity contribution is 0.280. The number of nitrogens with zero attached hydrogens (tertiary/aromatic N) is 3. The zero-order valence-corrected chi connectivity index (χ0v) is 7.56. The first-order valence-electron chi connectivity index (χ1n) is 4.11. The summed E-state index contributed by atoms with van der Waals surface area (Å²) in [5.41, 5.74) is 5.60. The Kier molecular flexibility index (Phi) is 3.20. The highest BCUT2D eigenvalue weighted by atomic mass is 16.3. The summed E-state index contributed by atoms with van der Waals surface area (Å²) in [5.74, 6) is 0.296. The lowest BCUT2D eigenvalue weighted by atomic mass is 10.3. The molecule has 0 aliphatic carbocycles. The van der Waals surface area contributed by atoms with Crippen LogP contribution >= 0.6 is 0 Å². The second-order valence-electron chi connectivity index (χ2n) is 2.74. The number of nitrogens with one attached hydrogen (secondary N) is 1. The largest absolute Gasteiger partial charge is 0.396 e. The van der Waals surface area contributed by atoms with Gasteiger partial charge in [0.25, 0.3) is 0 Å². The smallest absolute Gasteiger partial charge is 0.161 e. The number of aliphatic hydroxyl groups is 1. The maximum atomic E-state index is 8.61. The molecule has 1 rings (SSSR count). The summed E-state index contributed by atoms with van der Waals surface area (Å²) in [5, 5.41) is 24.3. The summed E-state index contributed by atoms with van der Waals surface area (Å²) in [6, 6.07) is 1.67. The number of rotatable bonds is 4. The molecule has 6 nitrogen and oxygen atoms in total. The topological polar surface area (TPSA) is 112 Å². The van der Waals surface area contributed by atoms with Gasteiger partial charge in [-0.05, 0) is 6.42 Å². The molecule has 0 spiro atoms. The Morgan fingerprint density at radius 3 is 3.07 bits per heavy atom. The molecule has 0 saturated carbocycles. The third kappa shape index (κ3) is 1.89. The van der Waals surface area contributed by atoms with Crippen molar-refractivity contribution in [3.63, 3.8) is 0 Å². The van der Waals surface area contributed by atoms with Crippen LogP contribution < -0.4 is 5.73 Å². The predicted octanol–water partition coefficient (Wildman–Crippen LogP) is -0.261. The van der Waals surface area contributed by atoms with Crippen LogP contribution in [0.5, 0.6) is 0 Å². The van der Waals surface area contributed by atoms with E-state index in [1.165, 1.54) is 6.33 Å². The van der Waals surface area contributed by atoms with Crippen LogP contribution in [0.3, 0.4) is 0 Å². The molecule has 0 bridgehead atoms. The highest BCUT2D eigenvalue weighted by molar-refractivity contribution is 6.10. The molecule has 0 unspecified atom stereocenters. The maximum Gasteiger partial charge on any atom is 0.161 e. The van der Waals surface area contributed by atoms with E-state index in [1.54, 1.807) is 10.6 Å². The van der Waals surface area contributed by atoms with Crippen LogP contribution in [-0.4, -0.2) is 27.0 Å². The molecule has 1 aromatic heterocycles. The molecule has 0 fully saturated rings. The Morgan fingerprint density at radius 1 is 1.79 bits per heavy atom. The number of nitriles is 1. The molecule has 0 aliphatic heterocycles. The van der Waals surface area contributed by atoms with Crippen LogP contribution in [0.15, 0.2) is 6.33 Å². The summed E-state index contributed by atoms with van der Waals surface area (Å²) < 4.78 is 1.61. The Labute approximate surface area is 81.1 Å². The molecule has 0 radical (unpaired) electrons. The number of nitrogen functional groups attached to an aromatic ring is 1. The molecule has 6 heteroatoms. The molecule has 14 heavy (non-hydrogen) atoms. The Balaban J connectivity index is 2.86. The molecule has 0 amide bonds. The van der Waals surface area contributed by atoms with Gasteiger partial charge in [-0.3, -0.25) is 5.41 Å². The third-order valence-electron chi connectivity index (χ3n) is 1.78. The third-order valence-corrected chi connectivity index (χ3v) is 1.78. The van der Waals surface area contributed by atoms with Crippen molar-refractivity contribution < 1.29 is 5.11 Å². The average molecular weight is 193 g/mol. The van der Waals surface area contributed by atoms with E-state index in [0.717, 1.165) is 0 Å². The van der Waals surface area contributed by atoms with Crippen LogP contribution in [0.2, 0.25) is 0 Å². The molecule has 1 heterocycles. The van der Waals surface area contributed by atoms with E-state index in [0.29, 0.717) is 18.8 Å². The number of anilines is 1. The number of hydrogen-bond donors (Lipinski definition) is 3. The van der Waals surface area contributed by atoms with Crippen LogP contribution in [0.1, 0.15) is 12.1 Å². The fraction of sp³-hybridized carbons (Fsp3) is 0.375. The molecule has 1 aromatic rings. The summed E-state index contributed by atoms with van der Waals surface area (Å²) >= 11 is 0. The molecule has 0 aromatic carbocycles. The average Bonchev–Trinajstić information content (AvgIpc) is 2.56. The fourth-order valence-electron chi connectivity index (χ4n) is 1.06. The summed E-state index contributed by atoms with van der Waals surface area (Å²) in [6.45, 7) is 0.608. The minimum Gasteiger partial charge on any atom is -0.396 e. The van der Waals surface area contributed by atoms with Gasteiger partial charge < -0.3 is 15.4 Å². The van der Waals surface area contributed by atoms with Crippen molar-refractivity contribution >= 4 is 11.5 Å². The first-order valence-corrected chi connectivity index (χ1v) is 4.11. The Hall–Kier alpha value is -1.87. The van der Waals surface area contributed by atoms with Crippen molar-refractivity contribution in [3.8, 4) is 6.07 Å². The predicted molar refractivity (Wildman–Crippen MR) is 50.8 cm³/mol. The van der Waals surface area contributed by atoms with E-state index in [-0.39, 0.29) is 18.0 Å². The van der Waals surface area contributed by atoms with E-state index in [1.807, 2.05) is 0 Å². The normalized spacial score (nSPS) is 9.71. The van der Waals surface area contributed by atoms with Gasteiger partial charge in [-0.1, -0.05) is 0 Å². The van der Waals surface area contributed by atoms with Gasteiger partial charge in [0.1, 0.15) is 17.6 Å². The van der Waals surface area contributed by atoms with Crippen molar-refractivity contribution in [1.82, 2.24) is 9.55 Å². The van der Waals surface area contributed by atoms with Crippen molar-refractivity contribution in [2.45, 2.75) is 13.0 Å². The second-order valence-corrected chi connectivity index (χ2v) is 2.74. The number of nitrogens with two attached hydrogens (primary N) is 1. The van der Waals surface area contributed by atoms with Gasteiger partial charge >= 0.3 is 0 Å². The van der Waals surface area contributed by atoms with Gasteiger partial charge in [0.15, 0.2) is 5.71 Å². The summed E-state index contributed by atoms with van der Waals surface area (Å²) in [7, 11) is 0. The highest BCUT2D eigenvalue weighted by Crippen LogP contribution is 2.10. The van der Waals surface area contributed by atoms with Gasteiger partial charge in [-0.2, -0.15) is 5.26 Å². The number of aryl methyl sites for hydroxylation is 1. The molecule has 4 N–H and O–H groups in total. The standard InChI is InChI=1S/C8H11N5O/c9-4-6(10)7-8(11)13(5-12-7)2-1-3-14/h5,10,14H,1-3,11H2. The van der Waals surface area contributed by atoms with Crippen molar-refractivity contribution in [2.24, 2.45) is 0 Å². The SMILES string of the molecule is N#CC(=N)c1ncn(CCCO)c1N. The number of aromatic nitrogens is 2. The van der Waals surface area contributed by atoms with E-state index < -0.39 is 0 Å². The fourth-order valence-corrected chi connectivity index (χ4v) is 1.06. The van der Waals surface area contributed by atoms with E-state index >= 15 is 0 Å². The maximum absolute atomic E-state index is 8.61. The summed E-state index contributed by atoms with van der Waals surface area (Å²) in [6.07, 6.45) is 2.03. The van der Waals surface area contributed by atoms with Crippen LogP contribution in [0.25, 0.3) is 0 Å². The van der Waals surface area contributed by atoms with Crippen LogP contribution in [0.4, 0.5) is 5.82 Å². The molecular weight excluding hydrogens is 182 g/mol. The molecule has 0 aliphatic rings. The summed E-state index contributed by atoms with van der Waals surface area (Å²) in [4.78, 5) is 3.85. The number of imidazole rings is 1. The molecule has 0 atom stereocenters. The zero-order valence-electron chi connectivity index (χ0n) is 7.56. The van der Waals surface area contributed by atoms with E-state index in [2.05, 4.69) is 4.98 Å². The molecular formula is C8H11N5O. The monoisotopic (exact) mass is 193 g/mol. The molecule has 74 valence electrons. The quantitative estimate of drug-likeness (QED) is 0.572. The van der Waals surface area contributed by atoms with Crippen molar-refractivity contribution in [1.29, 1.82) is 10.7 Å². The van der Waals surface area contributed by atoms with Gasteiger partial charge in [0.2, 0.25) is 0 Å². The van der Waals surface area contributed by atoms with Gasteiger partial charge in [-0.25, -0.2) is 4.98 Å². The van der Waals surface area contributed by atoms with Gasteiger partial charge in [0.05, 0.1) is 6.33 Å². The lowest BCUT2D eigenvalue weighted by Gasteiger charge is -2.02. The van der Waals surface area contributed by atoms with E-state index in [4.69, 9.17) is 21.5 Å². The first kappa shape index (κ1) is 10.2. The van der Waals surface area contributed by atoms with Gasteiger partial charge in [0, 0.05) is 13.2 Å². The van der Waals surface area contributed by atoms with Crippen molar-refractivity contribution in [2.75, 3.05) is 12.3 Å². The lowest BCUT2D eigenvalue weighted by Crippen LogP contribution is -2.06. The molecule has 0 saturated heterocycles. The van der Waals surface area contributed by atoms with Gasteiger partial charge in [-0.15, -0.1) is 0 Å². The zero-order chi connectivity index (χ0) is 10.6. The minimum absolute atomic E-state index is 0.0721. The minimum atomic E-state index is -0.245.